The first kappa shape index (κ1) is 29.2. The van der Waals surface area contributed by atoms with E-state index in [1.165, 1.54) is 6.20 Å². The molecular formula is C26H45N5O. The monoisotopic (exact) mass is 443 g/mol. The van der Waals surface area contributed by atoms with Gasteiger partial charge in [-0.25, -0.2) is 4.98 Å². The van der Waals surface area contributed by atoms with Crippen molar-refractivity contribution in [2.75, 3.05) is 5.32 Å². The second kappa shape index (κ2) is 11.7. The highest BCUT2D eigenvalue weighted by Gasteiger charge is 2.31. The van der Waals surface area contributed by atoms with Crippen molar-refractivity contribution in [2.24, 2.45) is 11.1 Å². The standard InChI is InChI=1S/C24H39N5O.C2H6/c1-11-12-13-16(2)26-21(30)17(14-25)19-27-18(23(6,7)8)20(28-19)29-24(9,10)15-22(3,4)5;1-2/h11-14,29H,1-2,15,25H2,3-10H3,(H,26,30)(H,27,28);1-2H3/b13-12-,17-14+;. The van der Waals surface area contributed by atoms with E-state index in [-0.39, 0.29) is 27.8 Å². The molecule has 32 heavy (non-hydrogen) atoms. The van der Waals surface area contributed by atoms with Crippen molar-refractivity contribution in [2.45, 2.75) is 86.6 Å². The van der Waals surface area contributed by atoms with Crippen LogP contribution in [0.2, 0.25) is 0 Å². The van der Waals surface area contributed by atoms with Crippen LogP contribution in [0.4, 0.5) is 5.82 Å². The Morgan fingerprint density at radius 1 is 1.12 bits per heavy atom. The first-order chi connectivity index (χ1) is 14.6. The van der Waals surface area contributed by atoms with Crippen LogP contribution in [-0.4, -0.2) is 21.4 Å². The molecule has 0 atom stereocenters. The minimum atomic E-state index is -0.383. The number of hydrogen-bond acceptors (Lipinski definition) is 4. The third kappa shape index (κ3) is 9.58. The molecule has 1 aromatic rings. The van der Waals surface area contributed by atoms with Gasteiger partial charge in [-0.2, -0.15) is 0 Å². The molecule has 0 bridgehead atoms. The maximum Gasteiger partial charge on any atom is 0.260 e. The first-order valence-electron chi connectivity index (χ1n) is 11.2. The molecule has 1 rings (SSSR count). The van der Waals surface area contributed by atoms with Gasteiger partial charge in [0.1, 0.15) is 11.6 Å². The molecule has 1 amide bonds. The summed E-state index contributed by atoms with van der Waals surface area (Å²) in [4.78, 5) is 20.8. The van der Waals surface area contributed by atoms with E-state index in [1.807, 2.05) is 13.8 Å². The van der Waals surface area contributed by atoms with Crippen LogP contribution >= 0.6 is 0 Å². The number of aromatic amines is 1. The number of aromatic nitrogens is 2. The van der Waals surface area contributed by atoms with Gasteiger partial charge in [0.15, 0.2) is 0 Å². The average Bonchev–Trinajstić information content (AvgIpc) is 3.03. The summed E-state index contributed by atoms with van der Waals surface area (Å²) in [6.45, 7) is 28.7. The summed E-state index contributed by atoms with van der Waals surface area (Å²) in [5.41, 5.74) is 7.14. The number of nitrogens with one attached hydrogen (secondary N) is 3. The molecule has 0 saturated heterocycles. The van der Waals surface area contributed by atoms with Crippen molar-refractivity contribution in [1.82, 2.24) is 15.3 Å². The van der Waals surface area contributed by atoms with Crippen LogP contribution in [0.1, 0.15) is 87.2 Å². The maximum atomic E-state index is 12.7. The number of nitrogens with two attached hydrogens (primary N) is 1. The molecule has 0 aliphatic carbocycles. The van der Waals surface area contributed by atoms with E-state index in [1.54, 1.807) is 18.2 Å². The molecule has 0 spiro atoms. The largest absolute Gasteiger partial charge is 0.404 e. The zero-order valence-electron chi connectivity index (χ0n) is 21.9. The highest BCUT2D eigenvalue weighted by atomic mass is 16.1. The third-order valence-electron chi connectivity index (χ3n) is 4.26. The van der Waals surface area contributed by atoms with Crippen LogP contribution in [0.15, 0.2) is 43.3 Å². The van der Waals surface area contributed by atoms with E-state index >= 15 is 0 Å². The Hall–Kier alpha value is -2.76. The van der Waals surface area contributed by atoms with Gasteiger partial charge >= 0.3 is 0 Å². The number of imidazole rings is 1. The zero-order valence-corrected chi connectivity index (χ0v) is 21.9. The molecule has 0 fully saturated rings. The highest BCUT2D eigenvalue weighted by molar-refractivity contribution is 6.19. The lowest BCUT2D eigenvalue weighted by atomic mass is 9.81. The van der Waals surface area contributed by atoms with E-state index < -0.39 is 0 Å². The van der Waals surface area contributed by atoms with Gasteiger partial charge in [0.2, 0.25) is 0 Å². The lowest BCUT2D eigenvalue weighted by molar-refractivity contribution is -0.114. The smallest absolute Gasteiger partial charge is 0.260 e. The van der Waals surface area contributed by atoms with Crippen molar-refractivity contribution in [3.8, 4) is 0 Å². The molecule has 0 saturated carbocycles. The van der Waals surface area contributed by atoms with Gasteiger partial charge in [-0.15, -0.1) is 0 Å². The van der Waals surface area contributed by atoms with Crippen LogP contribution in [0, 0.1) is 5.41 Å². The molecule has 1 heterocycles. The zero-order chi connectivity index (χ0) is 25.3. The lowest BCUT2D eigenvalue weighted by Crippen LogP contribution is -2.36. The summed E-state index contributed by atoms with van der Waals surface area (Å²) >= 11 is 0. The number of H-pyrrole nitrogens is 1. The number of nitrogens with zero attached hydrogens (tertiary/aromatic N) is 1. The molecule has 0 radical (unpaired) electrons. The lowest BCUT2D eigenvalue weighted by Gasteiger charge is -2.34. The summed E-state index contributed by atoms with van der Waals surface area (Å²) in [6, 6.07) is 0. The molecular weight excluding hydrogens is 398 g/mol. The topological polar surface area (TPSA) is 95.8 Å². The van der Waals surface area contributed by atoms with Crippen molar-refractivity contribution in [1.29, 1.82) is 0 Å². The minimum Gasteiger partial charge on any atom is -0.404 e. The van der Waals surface area contributed by atoms with Crippen LogP contribution in [0.3, 0.4) is 0 Å². The number of rotatable bonds is 8. The van der Waals surface area contributed by atoms with Crippen LogP contribution in [-0.2, 0) is 10.2 Å². The molecule has 1 aromatic heterocycles. The van der Waals surface area contributed by atoms with E-state index in [4.69, 9.17) is 10.7 Å². The van der Waals surface area contributed by atoms with Crippen molar-refractivity contribution >= 4 is 17.3 Å². The summed E-state index contributed by atoms with van der Waals surface area (Å²) < 4.78 is 0. The Balaban J connectivity index is 0.00000466. The SMILES string of the molecule is C=C/C=C\C(=C)NC(=O)/C(=C/N)c1nc(NC(C)(C)CC(C)(C)C)c(C(C)(C)C)[nH]1.CC. The van der Waals surface area contributed by atoms with Gasteiger partial charge in [-0.05, 0) is 31.8 Å². The molecule has 0 unspecified atom stereocenters. The van der Waals surface area contributed by atoms with Gasteiger partial charge in [-0.1, -0.05) is 80.7 Å². The summed E-state index contributed by atoms with van der Waals surface area (Å²) in [7, 11) is 0. The van der Waals surface area contributed by atoms with Gasteiger partial charge in [-0.3, -0.25) is 4.79 Å². The average molecular weight is 444 g/mol. The summed E-state index contributed by atoms with van der Waals surface area (Å²) in [6.07, 6.45) is 7.16. The second-order valence-electron chi connectivity index (χ2n) is 10.5. The van der Waals surface area contributed by atoms with Crippen molar-refractivity contribution in [3.05, 3.63) is 54.8 Å². The Kier molecular flexibility index (Phi) is 10.7. The molecule has 0 aliphatic heterocycles. The number of hydrogen-bond donors (Lipinski definition) is 4. The Morgan fingerprint density at radius 2 is 1.69 bits per heavy atom. The quantitative estimate of drug-likeness (QED) is 0.291. The molecule has 5 N–H and O–H groups in total. The Labute approximate surface area is 195 Å². The number of amides is 1. The third-order valence-corrected chi connectivity index (χ3v) is 4.26. The van der Waals surface area contributed by atoms with Gasteiger partial charge in [0.05, 0.1) is 11.3 Å². The van der Waals surface area contributed by atoms with Crippen LogP contribution in [0.5, 0.6) is 0 Å². The fraction of sp³-hybridized carbons (Fsp3) is 0.538. The highest BCUT2D eigenvalue weighted by Crippen LogP contribution is 2.34. The van der Waals surface area contributed by atoms with E-state index in [0.717, 1.165) is 17.9 Å². The van der Waals surface area contributed by atoms with E-state index in [2.05, 4.69) is 84.2 Å². The molecule has 6 heteroatoms. The number of carbonyl (C=O) groups excluding carboxylic acids is 1. The summed E-state index contributed by atoms with van der Waals surface area (Å²) in [5, 5.41) is 6.29. The predicted octanol–water partition coefficient (Wildman–Crippen LogP) is 6.03. The minimum absolute atomic E-state index is 0.152. The molecule has 6 nitrogen and oxygen atoms in total. The van der Waals surface area contributed by atoms with Crippen LogP contribution in [0.25, 0.3) is 5.57 Å². The predicted molar refractivity (Wildman–Crippen MR) is 139 cm³/mol. The van der Waals surface area contributed by atoms with E-state index in [9.17, 15) is 4.79 Å². The Bertz CT molecular complexity index is 843. The molecule has 0 aliphatic rings. The maximum absolute atomic E-state index is 12.7. The van der Waals surface area contributed by atoms with Crippen molar-refractivity contribution in [3.63, 3.8) is 0 Å². The summed E-state index contributed by atoms with van der Waals surface area (Å²) in [5.74, 6) is 0.754. The van der Waals surface area contributed by atoms with E-state index in [0.29, 0.717) is 11.5 Å². The fourth-order valence-corrected chi connectivity index (χ4v) is 3.53. The number of anilines is 1. The Morgan fingerprint density at radius 3 is 2.12 bits per heavy atom. The van der Waals surface area contributed by atoms with Gasteiger partial charge < -0.3 is 21.4 Å². The normalized spacial score (nSPS) is 12.8. The molecule has 0 aromatic carbocycles. The number of carbonyl (C=O) groups is 1. The van der Waals surface area contributed by atoms with Crippen LogP contribution < -0.4 is 16.4 Å². The van der Waals surface area contributed by atoms with Gasteiger partial charge in [0, 0.05) is 22.9 Å². The molecule has 180 valence electrons. The first-order valence-corrected chi connectivity index (χ1v) is 11.2. The fourth-order valence-electron chi connectivity index (χ4n) is 3.53. The van der Waals surface area contributed by atoms with Gasteiger partial charge in [0.25, 0.3) is 5.91 Å². The second-order valence-corrected chi connectivity index (χ2v) is 10.5. The number of allylic oxidation sites excluding steroid dienone is 3. The van der Waals surface area contributed by atoms with Crippen molar-refractivity contribution < 1.29 is 4.79 Å².